The lowest BCUT2D eigenvalue weighted by atomic mass is 9.96. The summed E-state index contributed by atoms with van der Waals surface area (Å²) in [6.07, 6.45) is -4.63. The van der Waals surface area contributed by atoms with Crippen molar-refractivity contribution in [2.24, 2.45) is 5.41 Å². The van der Waals surface area contributed by atoms with Crippen LogP contribution in [0.2, 0.25) is 10.0 Å². The van der Waals surface area contributed by atoms with Crippen LogP contribution in [0.5, 0.6) is 5.75 Å². The summed E-state index contributed by atoms with van der Waals surface area (Å²) in [5.74, 6) is 0.159. The SMILES string of the molecule is CC(C)(C)CNCc1ccc2c(c1)OCC[C@H]2NC(=O)C[C@H](NS(=O)(=O)c1cccc(C(F)(F)F)c1)c1cc(Cl)cc(Cl)c1. The van der Waals surface area contributed by atoms with E-state index in [9.17, 15) is 26.4 Å². The first kappa shape index (κ1) is 34.1. The molecule has 0 fully saturated rings. The normalized spacial score (nSPS) is 16.1. The minimum atomic E-state index is -4.74. The van der Waals surface area contributed by atoms with E-state index in [0.29, 0.717) is 31.4 Å². The van der Waals surface area contributed by atoms with Gasteiger partial charge in [0.25, 0.3) is 0 Å². The van der Waals surface area contributed by atoms with Crippen molar-refractivity contribution in [2.75, 3.05) is 13.2 Å². The van der Waals surface area contributed by atoms with E-state index in [2.05, 4.69) is 36.1 Å². The molecule has 0 saturated carbocycles. The van der Waals surface area contributed by atoms with Crippen LogP contribution in [0.4, 0.5) is 13.2 Å². The Morgan fingerprint density at radius 1 is 1.02 bits per heavy atom. The molecule has 3 aromatic rings. The Morgan fingerprint density at radius 3 is 2.39 bits per heavy atom. The summed E-state index contributed by atoms with van der Waals surface area (Å²) in [5.41, 5.74) is 1.10. The summed E-state index contributed by atoms with van der Waals surface area (Å²) >= 11 is 12.3. The van der Waals surface area contributed by atoms with Crippen LogP contribution in [-0.4, -0.2) is 27.5 Å². The number of sulfonamides is 1. The number of carbonyl (C=O) groups excluding carboxylic acids is 1. The summed E-state index contributed by atoms with van der Waals surface area (Å²) in [5, 5.41) is 6.77. The molecule has 0 aromatic heterocycles. The van der Waals surface area contributed by atoms with Gasteiger partial charge in [-0.1, -0.05) is 62.2 Å². The molecular formula is C31H34Cl2F3N3O4S. The van der Waals surface area contributed by atoms with E-state index in [1.807, 2.05) is 18.2 Å². The van der Waals surface area contributed by atoms with Crippen LogP contribution in [0, 0.1) is 5.41 Å². The van der Waals surface area contributed by atoms with E-state index < -0.39 is 44.6 Å². The lowest BCUT2D eigenvalue weighted by Gasteiger charge is -2.28. The molecule has 0 unspecified atom stereocenters. The van der Waals surface area contributed by atoms with Crippen molar-refractivity contribution in [1.29, 1.82) is 0 Å². The molecule has 3 aromatic carbocycles. The number of carbonyl (C=O) groups is 1. The van der Waals surface area contributed by atoms with Crippen molar-refractivity contribution in [3.8, 4) is 5.75 Å². The van der Waals surface area contributed by atoms with Gasteiger partial charge in [0.15, 0.2) is 0 Å². The number of hydrogen-bond acceptors (Lipinski definition) is 5. The first-order chi connectivity index (χ1) is 20.5. The summed E-state index contributed by atoms with van der Waals surface area (Å²) in [4.78, 5) is 12.8. The molecule has 7 nitrogen and oxygen atoms in total. The molecule has 13 heteroatoms. The number of halogens is 5. The van der Waals surface area contributed by atoms with Crippen molar-refractivity contribution in [3.63, 3.8) is 0 Å². The number of benzene rings is 3. The monoisotopic (exact) mass is 671 g/mol. The standard InChI is InChI=1S/C31H34Cl2F3N3O4S/c1-30(2,3)18-37-17-19-7-8-25-26(9-10-43-28(25)11-19)38-29(40)16-27(20-12-22(32)15-23(33)13-20)39-44(41,42)24-6-4-5-21(14-24)31(34,35)36/h4-8,11-15,26-27,37,39H,9-10,16-18H2,1-3H3,(H,38,40)/t26-,27+/m1/s1. The van der Waals surface area contributed by atoms with Crippen LogP contribution < -0.4 is 20.1 Å². The van der Waals surface area contributed by atoms with Crippen molar-refractivity contribution in [3.05, 3.63) is 93.0 Å². The number of fused-ring (bicyclic) bond motifs is 1. The Hall–Kier alpha value is -2.83. The van der Waals surface area contributed by atoms with E-state index in [-0.39, 0.29) is 27.4 Å². The molecule has 238 valence electrons. The molecule has 1 aliphatic rings. The van der Waals surface area contributed by atoms with Gasteiger partial charge in [-0.05, 0) is 59.0 Å². The van der Waals surface area contributed by atoms with Crippen LogP contribution in [0.25, 0.3) is 0 Å². The molecule has 1 heterocycles. The Balaban J connectivity index is 1.54. The van der Waals surface area contributed by atoms with Crippen LogP contribution in [0.1, 0.15) is 68.0 Å². The van der Waals surface area contributed by atoms with Gasteiger partial charge in [0.2, 0.25) is 15.9 Å². The van der Waals surface area contributed by atoms with Gasteiger partial charge in [-0.2, -0.15) is 13.2 Å². The van der Waals surface area contributed by atoms with Gasteiger partial charge >= 0.3 is 6.18 Å². The molecule has 0 radical (unpaired) electrons. The van der Waals surface area contributed by atoms with Crippen molar-refractivity contribution < 1.29 is 31.1 Å². The Morgan fingerprint density at radius 2 is 1.73 bits per heavy atom. The number of amides is 1. The molecule has 2 atom stereocenters. The van der Waals surface area contributed by atoms with Gasteiger partial charge in [0, 0.05) is 41.5 Å². The Bertz CT molecular complexity index is 1590. The maximum atomic E-state index is 13.4. The van der Waals surface area contributed by atoms with Gasteiger partial charge < -0.3 is 15.4 Å². The second-order valence-electron chi connectivity index (χ2n) is 11.9. The number of ether oxygens (including phenoxy) is 1. The molecule has 0 aliphatic carbocycles. The summed E-state index contributed by atoms with van der Waals surface area (Å²) in [6.45, 7) is 8.29. The van der Waals surface area contributed by atoms with Gasteiger partial charge in [-0.3, -0.25) is 4.79 Å². The maximum absolute atomic E-state index is 13.4. The highest BCUT2D eigenvalue weighted by atomic mass is 35.5. The molecule has 0 spiro atoms. The van der Waals surface area contributed by atoms with Crippen LogP contribution in [0.3, 0.4) is 0 Å². The largest absolute Gasteiger partial charge is 0.493 e. The number of alkyl halides is 3. The molecule has 1 amide bonds. The van der Waals surface area contributed by atoms with Gasteiger partial charge in [0.05, 0.1) is 29.1 Å². The first-order valence-corrected chi connectivity index (χ1v) is 16.2. The third-order valence-corrected chi connectivity index (χ3v) is 8.79. The predicted molar refractivity (Wildman–Crippen MR) is 164 cm³/mol. The molecule has 3 N–H and O–H groups in total. The van der Waals surface area contributed by atoms with Crippen LogP contribution in [0.15, 0.2) is 65.6 Å². The number of hydrogen-bond donors (Lipinski definition) is 3. The Kier molecular flexibility index (Phi) is 10.6. The smallest absolute Gasteiger partial charge is 0.416 e. The van der Waals surface area contributed by atoms with E-state index in [4.69, 9.17) is 27.9 Å². The highest BCUT2D eigenvalue weighted by Crippen LogP contribution is 2.34. The minimum absolute atomic E-state index is 0.135. The van der Waals surface area contributed by atoms with Gasteiger partial charge in [-0.15, -0.1) is 0 Å². The quantitative estimate of drug-likeness (QED) is 0.212. The van der Waals surface area contributed by atoms with Crippen LogP contribution >= 0.6 is 23.2 Å². The molecule has 44 heavy (non-hydrogen) atoms. The molecule has 0 saturated heterocycles. The summed E-state index contributed by atoms with van der Waals surface area (Å²) in [7, 11) is -4.51. The molecule has 4 rings (SSSR count). The van der Waals surface area contributed by atoms with Gasteiger partial charge in [0.1, 0.15) is 5.75 Å². The minimum Gasteiger partial charge on any atom is -0.493 e. The van der Waals surface area contributed by atoms with Crippen molar-refractivity contribution >= 4 is 39.1 Å². The first-order valence-electron chi connectivity index (χ1n) is 13.9. The van der Waals surface area contributed by atoms with Crippen LogP contribution in [-0.2, 0) is 27.5 Å². The fraction of sp³-hybridized carbons (Fsp3) is 0.387. The van der Waals surface area contributed by atoms with E-state index in [1.54, 1.807) is 0 Å². The average Bonchev–Trinajstić information content (AvgIpc) is 2.91. The highest BCUT2D eigenvalue weighted by molar-refractivity contribution is 7.89. The van der Waals surface area contributed by atoms with Gasteiger partial charge in [-0.25, -0.2) is 13.1 Å². The van der Waals surface area contributed by atoms with Crippen molar-refractivity contribution in [1.82, 2.24) is 15.4 Å². The molecule has 0 bridgehead atoms. The van der Waals surface area contributed by atoms with E-state index >= 15 is 0 Å². The second kappa shape index (κ2) is 13.7. The summed E-state index contributed by atoms with van der Waals surface area (Å²) in [6, 6.07) is 11.9. The Labute approximate surface area is 265 Å². The predicted octanol–water partition coefficient (Wildman–Crippen LogP) is 7.20. The zero-order chi connectivity index (χ0) is 32.3. The fourth-order valence-corrected chi connectivity index (χ4v) is 6.63. The molecular weight excluding hydrogens is 638 g/mol. The average molecular weight is 673 g/mol. The van der Waals surface area contributed by atoms with E-state index in [0.717, 1.165) is 35.9 Å². The lowest BCUT2D eigenvalue weighted by Crippen LogP contribution is -2.36. The highest BCUT2D eigenvalue weighted by Gasteiger charge is 2.33. The zero-order valence-electron chi connectivity index (χ0n) is 24.4. The number of nitrogens with one attached hydrogen (secondary N) is 3. The fourth-order valence-electron chi connectivity index (χ4n) is 4.81. The van der Waals surface area contributed by atoms with E-state index in [1.165, 1.54) is 18.2 Å². The third kappa shape index (κ3) is 9.34. The number of rotatable bonds is 10. The molecule has 1 aliphatic heterocycles. The van der Waals surface area contributed by atoms with Crippen molar-refractivity contribution in [2.45, 2.75) is 63.3 Å². The zero-order valence-corrected chi connectivity index (χ0v) is 26.7. The maximum Gasteiger partial charge on any atom is 0.416 e. The second-order valence-corrected chi connectivity index (χ2v) is 14.5. The lowest BCUT2D eigenvalue weighted by molar-refractivity contribution is -0.137. The topological polar surface area (TPSA) is 96.5 Å². The summed E-state index contributed by atoms with van der Waals surface area (Å²) < 4.78 is 74.6. The third-order valence-electron chi connectivity index (χ3n) is 6.88.